The fourth-order valence-electron chi connectivity index (χ4n) is 3.91. The van der Waals surface area contributed by atoms with E-state index in [9.17, 15) is 18.0 Å². The average molecular weight is 513 g/mol. The van der Waals surface area contributed by atoms with Crippen molar-refractivity contribution in [3.8, 4) is 5.75 Å². The number of amides is 1. The molecule has 0 aliphatic rings. The summed E-state index contributed by atoms with van der Waals surface area (Å²) in [5.41, 5.74) is -1.06. The minimum Gasteiger partial charge on any atom is -0.487 e. The number of ether oxygens (including phenoxy) is 1. The van der Waals surface area contributed by atoms with Gasteiger partial charge in [0.05, 0.1) is 5.69 Å². The van der Waals surface area contributed by atoms with Crippen molar-refractivity contribution in [2.45, 2.75) is 43.3 Å². The average Bonchev–Trinajstić information content (AvgIpc) is 3.20. The number of hydrogen-bond donors (Lipinski definition) is 1. The first-order valence-corrected chi connectivity index (χ1v) is 12.6. The quantitative estimate of drug-likeness (QED) is 0.178. The first-order chi connectivity index (χ1) is 17.3. The Labute approximate surface area is 212 Å². The molecule has 0 saturated carbocycles. The molecule has 3 aromatic carbocycles. The van der Waals surface area contributed by atoms with Gasteiger partial charge in [-0.05, 0) is 72.3 Å². The van der Waals surface area contributed by atoms with Crippen LogP contribution in [0, 0.1) is 0 Å². The van der Waals surface area contributed by atoms with Crippen molar-refractivity contribution in [3.05, 3.63) is 95.7 Å². The number of carbonyl (C=O) groups is 1. The Balaban J connectivity index is 1.61. The van der Waals surface area contributed by atoms with Crippen LogP contribution in [0.4, 0.5) is 13.2 Å². The van der Waals surface area contributed by atoms with E-state index in [1.54, 1.807) is 18.2 Å². The number of para-hydroxylation sites is 1. The standard InChI is InChI=1S/C28H27F3N2O2S/c1-2-3-15-32-27(34)21-11-14-26-22(16-21)17-23(19-35-24-7-5-4-6-8-24)33(26)18-20-9-12-25(13-10-20)36-28(29,30)31/h4-14,16-17H,2-3,15,18-19H2,1H3,(H,32,34). The SMILES string of the molecule is CCCCNC(=O)c1ccc2c(c1)cc(COc1ccccc1)n2Cc1ccc(SC(F)(F)F)cc1. The van der Waals surface area contributed by atoms with Crippen molar-refractivity contribution in [3.63, 3.8) is 0 Å². The van der Waals surface area contributed by atoms with E-state index in [2.05, 4.69) is 16.8 Å². The molecule has 4 nitrogen and oxygen atoms in total. The lowest BCUT2D eigenvalue weighted by Gasteiger charge is -2.13. The molecule has 0 bridgehead atoms. The largest absolute Gasteiger partial charge is 0.487 e. The highest BCUT2D eigenvalue weighted by molar-refractivity contribution is 8.00. The lowest BCUT2D eigenvalue weighted by molar-refractivity contribution is -0.0328. The molecule has 0 unspecified atom stereocenters. The molecule has 0 radical (unpaired) electrons. The minimum absolute atomic E-state index is 0.113. The monoisotopic (exact) mass is 512 g/mol. The summed E-state index contributed by atoms with van der Waals surface area (Å²) in [6.45, 7) is 3.46. The highest BCUT2D eigenvalue weighted by atomic mass is 32.2. The van der Waals surface area contributed by atoms with Crippen LogP contribution < -0.4 is 10.1 Å². The molecule has 4 rings (SSSR count). The summed E-state index contributed by atoms with van der Waals surface area (Å²) in [7, 11) is 0. The molecule has 1 aromatic heterocycles. The molecule has 0 aliphatic heterocycles. The number of nitrogens with zero attached hydrogens (tertiary/aromatic N) is 1. The van der Waals surface area contributed by atoms with E-state index in [1.165, 1.54) is 12.1 Å². The number of unbranched alkanes of at least 4 members (excludes halogenated alkanes) is 1. The van der Waals surface area contributed by atoms with Crippen LogP contribution in [0.3, 0.4) is 0 Å². The van der Waals surface area contributed by atoms with Gasteiger partial charge in [-0.3, -0.25) is 4.79 Å². The highest BCUT2D eigenvalue weighted by Gasteiger charge is 2.29. The number of nitrogens with one attached hydrogen (secondary N) is 1. The van der Waals surface area contributed by atoms with Crippen molar-refractivity contribution in [1.82, 2.24) is 9.88 Å². The van der Waals surface area contributed by atoms with Gasteiger partial charge < -0.3 is 14.6 Å². The third-order valence-electron chi connectivity index (χ3n) is 5.69. The van der Waals surface area contributed by atoms with Crippen LogP contribution in [0.15, 0.2) is 83.8 Å². The summed E-state index contributed by atoms with van der Waals surface area (Å²) in [6.07, 6.45) is 1.93. The van der Waals surface area contributed by atoms with Crippen LogP contribution in [0.1, 0.15) is 41.4 Å². The molecule has 8 heteroatoms. The number of hydrogen-bond acceptors (Lipinski definition) is 3. The van der Waals surface area contributed by atoms with Gasteiger partial charge >= 0.3 is 5.51 Å². The van der Waals surface area contributed by atoms with Crippen molar-refractivity contribution in [2.24, 2.45) is 0 Å². The number of rotatable bonds is 10. The molecule has 0 aliphatic carbocycles. The number of fused-ring (bicyclic) bond motifs is 1. The molecule has 36 heavy (non-hydrogen) atoms. The fraction of sp³-hybridized carbons (Fsp3) is 0.250. The predicted octanol–water partition coefficient (Wildman–Crippen LogP) is 7.41. The maximum Gasteiger partial charge on any atom is 0.446 e. The Morgan fingerprint density at radius 2 is 1.75 bits per heavy atom. The summed E-state index contributed by atoms with van der Waals surface area (Å²) in [4.78, 5) is 12.7. The van der Waals surface area contributed by atoms with Crippen molar-refractivity contribution < 1.29 is 22.7 Å². The van der Waals surface area contributed by atoms with Gasteiger partial charge in [0, 0.05) is 34.5 Å². The summed E-state index contributed by atoms with van der Waals surface area (Å²) >= 11 is -0.125. The van der Waals surface area contributed by atoms with Crippen molar-refractivity contribution in [2.75, 3.05) is 6.54 Å². The molecule has 0 atom stereocenters. The molecule has 0 saturated heterocycles. The van der Waals surface area contributed by atoms with Crippen LogP contribution in [0.2, 0.25) is 0 Å². The maximum absolute atomic E-state index is 12.7. The van der Waals surface area contributed by atoms with Crippen LogP contribution in [-0.2, 0) is 13.2 Å². The summed E-state index contributed by atoms with van der Waals surface area (Å²) in [5, 5.41) is 3.84. The van der Waals surface area contributed by atoms with E-state index < -0.39 is 5.51 Å². The Morgan fingerprint density at radius 1 is 1.00 bits per heavy atom. The second-order valence-electron chi connectivity index (χ2n) is 8.40. The van der Waals surface area contributed by atoms with Crippen LogP contribution in [0.25, 0.3) is 10.9 Å². The van der Waals surface area contributed by atoms with Crippen LogP contribution in [0.5, 0.6) is 5.75 Å². The Morgan fingerprint density at radius 3 is 2.44 bits per heavy atom. The van der Waals surface area contributed by atoms with E-state index in [0.717, 1.165) is 40.8 Å². The highest BCUT2D eigenvalue weighted by Crippen LogP contribution is 2.36. The van der Waals surface area contributed by atoms with Gasteiger partial charge in [0.15, 0.2) is 0 Å². The van der Waals surface area contributed by atoms with Gasteiger partial charge in [-0.25, -0.2) is 0 Å². The summed E-state index contributed by atoms with van der Waals surface area (Å²) in [6, 6.07) is 23.4. The Kier molecular flexibility index (Phi) is 8.25. The molecule has 1 amide bonds. The van der Waals surface area contributed by atoms with Gasteiger partial charge in [0.1, 0.15) is 12.4 Å². The zero-order chi connectivity index (χ0) is 25.5. The number of halogens is 3. The minimum atomic E-state index is -4.32. The molecular weight excluding hydrogens is 485 g/mol. The number of carbonyl (C=O) groups excluding carboxylic acids is 1. The normalized spacial score (nSPS) is 11.6. The van der Waals surface area contributed by atoms with Gasteiger partial charge in [0.2, 0.25) is 0 Å². The van der Waals surface area contributed by atoms with E-state index >= 15 is 0 Å². The molecule has 1 N–H and O–H groups in total. The van der Waals surface area contributed by atoms with Gasteiger partial charge in [-0.1, -0.05) is 43.7 Å². The molecular formula is C28H27F3N2O2S. The fourth-order valence-corrected chi connectivity index (χ4v) is 4.45. The van der Waals surface area contributed by atoms with Crippen molar-refractivity contribution in [1.29, 1.82) is 0 Å². The first-order valence-electron chi connectivity index (χ1n) is 11.8. The topological polar surface area (TPSA) is 43.3 Å². The van der Waals surface area contributed by atoms with Crippen molar-refractivity contribution >= 4 is 28.6 Å². The van der Waals surface area contributed by atoms with E-state index in [1.807, 2.05) is 48.5 Å². The second-order valence-corrected chi connectivity index (χ2v) is 9.54. The lowest BCUT2D eigenvalue weighted by Crippen LogP contribution is -2.24. The van der Waals surface area contributed by atoms with Crippen LogP contribution >= 0.6 is 11.8 Å². The molecule has 0 spiro atoms. The van der Waals surface area contributed by atoms with E-state index in [4.69, 9.17) is 4.74 Å². The third kappa shape index (κ3) is 6.85. The predicted molar refractivity (Wildman–Crippen MR) is 137 cm³/mol. The summed E-state index contributed by atoms with van der Waals surface area (Å²) < 4.78 is 46.1. The molecule has 4 aromatic rings. The molecule has 188 valence electrons. The number of benzene rings is 3. The van der Waals surface area contributed by atoms with Gasteiger partial charge in [-0.2, -0.15) is 13.2 Å². The third-order valence-corrected chi connectivity index (χ3v) is 6.43. The second kappa shape index (κ2) is 11.6. The van der Waals surface area contributed by atoms with Crippen LogP contribution in [-0.4, -0.2) is 22.5 Å². The zero-order valence-corrected chi connectivity index (χ0v) is 20.7. The number of aromatic nitrogens is 1. The molecule has 0 fully saturated rings. The Hall–Kier alpha value is -3.39. The van der Waals surface area contributed by atoms with Gasteiger partial charge in [-0.15, -0.1) is 0 Å². The van der Waals surface area contributed by atoms with E-state index in [-0.39, 0.29) is 22.6 Å². The number of thioether (sulfide) groups is 1. The maximum atomic E-state index is 12.7. The smallest absolute Gasteiger partial charge is 0.446 e. The van der Waals surface area contributed by atoms with E-state index in [0.29, 0.717) is 25.3 Å². The Bertz CT molecular complexity index is 1300. The van der Waals surface area contributed by atoms with Gasteiger partial charge in [0.25, 0.3) is 5.91 Å². The first kappa shape index (κ1) is 25.7. The molecule has 1 heterocycles. The number of alkyl halides is 3. The zero-order valence-electron chi connectivity index (χ0n) is 19.8. The summed E-state index contributed by atoms with van der Waals surface area (Å²) in [5.74, 6) is 0.622. The lowest BCUT2D eigenvalue weighted by atomic mass is 10.1.